The molecule has 0 aromatic rings. The summed E-state index contributed by atoms with van der Waals surface area (Å²) in [6.07, 6.45) is 0. The molecule has 7 nitrogen and oxygen atoms in total. The highest BCUT2D eigenvalue weighted by molar-refractivity contribution is 6.35. The molecular formula is C7H13N5O2. The molecule has 0 aromatic carbocycles. The number of ether oxygens (including phenoxy) is 1. The van der Waals surface area contributed by atoms with Crippen molar-refractivity contribution in [3.63, 3.8) is 0 Å². The lowest BCUT2D eigenvalue weighted by atomic mass is 10.4. The van der Waals surface area contributed by atoms with Gasteiger partial charge < -0.3 is 10.2 Å². The Hall–Kier alpha value is -1.75. The van der Waals surface area contributed by atoms with Crippen molar-refractivity contribution < 1.29 is 9.53 Å². The molecule has 0 heterocycles. The number of carbonyl (C=O) groups excluding carboxylic acids is 1. The number of hydrogen-bond donors (Lipinski definition) is 1. The SMILES string of the molecule is CCOC(=O)/C(C)=N\NCCN=[N+]=[N-]. The lowest BCUT2D eigenvalue weighted by Gasteiger charge is -2.01. The van der Waals surface area contributed by atoms with Gasteiger partial charge in [0.05, 0.1) is 6.61 Å². The van der Waals surface area contributed by atoms with E-state index in [9.17, 15) is 4.79 Å². The van der Waals surface area contributed by atoms with Gasteiger partial charge in [-0.05, 0) is 19.4 Å². The Morgan fingerprint density at radius 1 is 1.64 bits per heavy atom. The van der Waals surface area contributed by atoms with Gasteiger partial charge in [-0.25, -0.2) is 4.79 Å². The fourth-order valence-electron chi connectivity index (χ4n) is 0.600. The summed E-state index contributed by atoms with van der Waals surface area (Å²) in [6, 6.07) is 0. The van der Waals surface area contributed by atoms with Crippen molar-refractivity contribution in [3.8, 4) is 0 Å². The van der Waals surface area contributed by atoms with E-state index < -0.39 is 5.97 Å². The highest BCUT2D eigenvalue weighted by Gasteiger charge is 2.04. The summed E-state index contributed by atoms with van der Waals surface area (Å²) in [6.45, 7) is 4.26. The van der Waals surface area contributed by atoms with Crippen LogP contribution < -0.4 is 5.43 Å². The largest absolute Gasteiger partial charge is 0.461 e. The highest BCUT2D eigenvalue weighted by Crippen LogP contribution is 1.82. The second-order valence-corrected chi connectivity index (χ2v) is 2.28. The number of esters is 1. The number of azide groups is 1. The van der Waals surface area contributed by atoms with E-state index in [1.54, 1.807) is 13.8 Å². The number of carbonyl (C=O) groups is 1. The van der Waals surface area contributed by atoms with Crippen LogP contribution in [-0.2, 0) is 9.53 Å². The Balaban J connectivity index is 3.75. The van der Waals surface area contributed by atoms with Crippen molar-refractivity contribution in [2.45, 2.75) is 13.8 Å². The van der Waals surface area contributed by atoms with Crippen LogP contribution >= 0.6 is 0 Å². The third kappa shape index (κ3) is 5.84. The Labute approximate surface area is 81.8 Å². The van der Waals surface area contributed by atoms with Crippen molar-refractivity contribution in [3.05, 3.63) is 10.4 Å². The second kappa shape index (κ2) is 7.88. The van der Waals surface area contributed by atoms with Crippen LogP contribution in [0.25, 0.3) is 10.4 Å². The molecule has 0 saturated heterocycles. The zero-order chi connectivity index (χ0) is 10.8. The Kier molecular flexibility index (Phi) is 6.89. The van der Waals surface area contributed by atoms with E-state index in [0.717, 1.165) is 0 Å². The molecule has 0 aromatic heterocycles. The zero-order valence-electron chi connectivity index (χ0n) is 8.23. The van der Waals surface area contributed by atoms with Gasteiger partial charge in [0.1, 0.15) is 5.71 Å². The van der Waals surface area contributed by atoms with Crippen molar-refractivity contribution in [2.75, 3.05) is 19.7 Å². The molecule has 0 spiro atoms. The lowest BCUT2D eigenvalue weighted by molar-refractivity contribution is -0.135. The summed E-state index contributed by atoms with van der Waals surface area (Å²) in [7, 11) is 0. The topological polar surface area (TPSA) is 99.5 Å². The minimum atomic E-state index is -0.455. The average molecular weight is 199 g/mol. The fourth-order valence-corrected chi connectivity index (χ4v) is 0.600. The first-order chi connectivity index (χ1) is 6.72. The lowest BCUT2D eigenvalue weighted by Crippen LogP contribution is -2.19. The molecule has 0 aliphatic rings. The molecule has 0 saturated carbocycles. The first-order valence-electron chi connectivity index (χ1n) is 4.17. The van der Waals surface area contributed by atoms with Gasteiger partial charge in [0, 0.05) is 18.0 Å². The monoisotopic (exact) mass is 199 g/mol. The predicted molar refractivity (Wildman–Crippen MR) is 51.8 cm³/mol. The zero-order valence-corrected chi connectivity index (χ0v) is 8.23. The van der Waals surface area contributed by atoms with Crippen LogP contribution in [0.1, 0.15) is 13.8 Å². The first-order valence-corrected chi connectivity index (χ1v) is 4.17. The standard InChI is InChI=1S/C7H13N5O2/c1-3-14-7(13)6(2)11-9-4-5-10-12-8/h9H,3-5H2,1-2H3/b11-6-. The minimum absolute atomic E-state index is 0.243. The van der Waals surface area contributed by atoms with Gasteiger partial charge >= 0.3 is 5.97 Å². The van der Waals surface area contributed by atoms with Gasteiger partial charge in [-0.1, -0.05) is 5.11 Å². The number of hydrogen-bond acceptors (Lipinski definition) is 5. The molecule has 0 bridgehead atoms. The van der Waals surface area contributed by atoms with Gasteiger partial charge in [-0.3, -0.25) is 0 Å². The van der Waals surface area contributed by atoms with Crippen LogP contribution in [0.15, 0.2) is 10.2 Å². The molecule has 0 radical (unpaired) electrons. The number of nitrogens with zero attached hydrogens (tertiary/aromatic N) is 4. The Morgan fingerprint density at radius 3 is 2.93 bits per heavy atom. The van der Waals surface area contributed by atoms with Gasteiger partial charge in [-0.15, -0.1) is 0 Å². The van der Waals surface area contributed by atoms with E-state index in [2.05, 4.69) is 20.6 Å². The summed E-state index contributed by atoms with van der Waals surface area (Å²) < 4.78 is 4.69. The third-order valence-electron chi connectivity index (χ3n) is 1.20. The number of nitrogens with one attached hydrogen (secondary N) is 1. The van der Waals surface area contributed by atoms with Crippen LogP contribution in [0.3, 0.4) is 0 Å². The summed E-state index contributed by atoms with van der Waals surface area (Å²) in [5, 5.41) is 7.01. The third-order valence-corrected chi connectivity index (χ3v) is 1.20. The maximum atomic E-state index is 11.0. The molecule has 0 atom stereocenters. The molecule has 14 heavy (non-hydrogen) atoms. The minimum Gasteiger partial charge on any atom is -0.461 e. The van der Waals surface area contributed by atoms with Crippen molar-refractivity contribution in [2.24, 2.45) is 10.2 Å². The molecule has 0 rings (SSSR count). The van der Waals surface area contributed by atoms with E-state index in [0.29, 0.717) is 13.2 Å². The number of hydrazone groups is 1. The quantitative estimate of drug-likeness (QED) is 0.130. The fraction of sp³-hybridized carbons (Fsp3) is 0.714. The van der Waals surface area contributed by atoms with E-state index in [4.69, 9.17) is 10.3 Å². The van der Waals surface area contributed by atoms with Gasteiger partial charge in [0.2, 0.25) is 0 Å². The van der Waals surface area contributed by atoms with E-state index in [1.165, 1.54) is 0 Å². The summed E-state index contributed by atoms with van der Waals surface area (Å²) >= 11 is 0. The van der Waals surface area contributed by atoms with E-state index >= 15 is 0 Å². The van der Waals surface area contributed by atoms with E-state index in [-0.39, 0.29) is 12.3 Å². The maximum Gasteiger partial charge on any atom is 0.354 e. The predicted octanol–water partition coefficient (Wildman–Crippen LogP) is 0.825. The van der Waals surface area contributed by atoms with Crippen LogP contribution in [0.5, 0.6) is 0 Å². The molecule has 0 aliphatic heterocycles. The van der Waals surface area contributed by atoms with Gasteiger partial charge in [-0.2, -0.15) is 5.10 Å². The van der Waals surface area contributed by atoms with Crippen molar-refractivity contribution >= 4 is 11.7 Å². The van der Waals surface area contributed by atoms with Crippen LogP contribution in [0.2, 0.25) is 0 Å². The smallest absolute Gasteiger partial charge is 0.354 e. The van der Waals surface area contributed by atoms with Gasteiger partial charge in [0.15, 0.2) is 0 Å². The Bertz CT molecular complexity index is 257. The Morgan fingerprint density at radius 2 is 2.36 bits per heavy atom. The molecule has 7 heteroatoms. The van der Waals surface area contributed by atoms with Crippen molar-refractivity contribution in [1.29, 1.82) is 0 Å². The van der Waals surface area contributed by atoms with Crippen LogP contribution in [0.4, 0.5) is 0 Å². The summed E-state index contributed by atoms with van der Waals surface area (Å²) in [4.78, 5) is 13.5. The van der Waals surface area contributed by atoms with Gasteiger partial charge in [0.25, 0.3) is 0 Å². The highest BCUT2D eigenvalue weighted by atomic mass is 16.5. The molecule has 0 aliphatic carbocycles. The van der Waals surface area contributed by atoms with E-state index in [1.807, 2.05) is 0 Å². The molecule has 0 unspecified atom stereocenters. The van der Waals surface area contributed by atoms with Crippen LogP contribution in [-0.4, -0.2) is 31.4 Å². The molecule has 0 amide bonds. The molecule has 1 N–H and O–H groups in total. The first kappa shape index (κ1) is 12.2. The normalized spacial score (nSPS) is 10.3. The second-order valence-electron chi connectivity index (χ2n) is 2.28. The number of rotatable bonds is 6. The van der Waals surface area contributed by atoms with Crippen molar-refractivity contribution in [1.82, 2.24) is 5.43 Å². The average Bonchev–Trinajstić information content (AvgIpc) is 2.17. The maximum absolute atomic E-state index is 11.0. The molecule has 0 fully saturated rings. The molecule has 78 valence electrons. The summed E-state index contributed by atoms with van der Waals surface area (Å²) in [5.74, 6) is -0.455. The summed E-state index contributed by atoms with van der Waals surface area (Å²) in [5.41, 5.74) is 10.8. The molecular weight excluding hydrogens is 186 g/mol. The van der Waals surface area contributed by atoms with Crippen LogP contribution in [0, 0.1) is 0 Å².